The van der Waals surface area contributed by atoms with E-state index in [1.54, 1.807) is 0 Å². The summed E-state index contributed by atoms with van der Waals surface area (Å²) in [5.74, 6) is 5.30. The molecule has 0 aliphatic heterocycles. The molecule has 10 atom stereocenters. The summed E-state index contributed by atoms with van der Waals surface area (Å²) in [4.78, 5) is 16.2. The molecule has 0 aromatic carbocycles. The van der Waals surface area contributed by atoms with Gasteiger partial charge in [0, 0.05) is 38.5 Å². The lowest BCUT2D eigenvalue weighted by atomic mass is 9.44. The molecule has 4 saturated carbocycles. The van der Waals surface area contributed by atoms with Crippen molar-refractivity contribution < 1.29 is 9.90 Å². The van der Waals surface area contributed by atoms with Crippen molar-refractivity contribution in [3.8, 4) is 0 Å². The van der Waals surface area contributed by atoms with Crippen molar-refractivity contribution in [2.45, 2.75) is 117 Å². The number of nitrogens with one attached hydrogen (secondary N) is 2. The number of pyridine rings is 1. The number of fused-ring (bicyclic) bond motifs is 5. The lowest BCUT2D eigenvalue weighted by Gasteiger charge is -2.61. The zero-order valence-corrected chi connectivity index (χ0v) is 28.5. The molecule has 1 aromatic heterocycles. The fourth-order valence-corrected chi connectivity index (χ4v) is 10.9. The van der Waals surface area contributed by atoms with E-state index in [4.69, 9.17) is 5.11 Å². The van der Waals surface area contributed by atoms with Gasteiger partial charge in [-0.3, -0.25) is 9.78 Å². The highest BCUT2D eigenvalue weighted by Gasteiger charge is 2.60. The Hall–Kier alpha value is -0.870. The lowest BCUT2D eigenvalue weighted by molar-refractivity contribution is -0.118. The van der Waals surface area contributed by atoms with Gasteiger partial charge in [-0.25, -0.2) is 0 Å². The van der Waals surface area contributed by atoms with E-state index in [0.29, 0.717) is 30.9 Å². The summed E-state index contributed by atoms with van der Waals surface area (Å²) in [6, 6.07) is 4.89. The van der Waals surface area contributed by atoms with E-state index in [1.807, 2.05) is 25.1 Å². The fourth-order valence-electron chi connectivity index (χ4n) is 10.5. The van der Waals surface area contributed by atoms with Gasteiger partial charge >= 0.3 is 0 Å². The monoisotopic (exact) mass is 599 g/mol. The smallest absolute Gasteiger partial charge is 0.151 e. The van der Waals surface area contributed by atoms with Gasteiger partial charge in [0.05, 0.1) is 0 Å². The number of nitrogens with zero attached hydrogens (tertiary/aromatic N) is 1. The molecule has 4 aliphatic rings. The molecule has 42 heavy (non-hydrogen) atoms. The number of aliphatic hydroxyl groups excluding tert-OH is 1. The maximum Gasteiger partial charge on any atom is 0.151 e. The minimum absolute atomic E-state index is 0.475. The van der Waals surface area contributed by atoms with Crippen molar-refractivity contribution in [1.29, 1.82) is 0 Å². The van der Waals surface area contributed by atoms with Gasteiger partial charge in [0.15, 0.2) is 5.52 Å². The van der Waals surface area contributed by atoms with Gasteiger partial charge < -0.3 is 15.7 Å². The number of hydrogen-bond acceptors (Lipinski definition) is 5. The van der Waals surface area contributed by atoms with Crippen molar-refractivity contribution in [2.24, 2.45) is 46.3 Å². The Kier molecular flexibility index (Phi) is 12.9. The minimum atomic E-state index is 0.475. The normalized spacial score (nSPS) is 36.4. The number of hydrogen-bond donors (Lipinski definition) is 3. The maximum absolute atomic E-state index is 12.0. The zero-order valence-electron chi connectivity index (χ0n) is 27.5. The second-order valence-corrected chi connectivity index (χ2v) is 15.8. The molecule has 0 saturated heterocycles. The Bertz CT molecular complexity index is 962. The zero-order chi connectivity index (χ0) is 30.2. The average molecular weight is 600 g/mol. The molecule has 238 valence electrons. The Morgan fingerprint density at radius 3 is 2.57 bits per heavy atom. The van der Waals surface area contributed by atoms with Crippen LogP contribution < -0.4 is 10.6 Å². The van der Waals surface area contributed by atoms with Crippen LogP contribution in [0.5, 0.6) is 0 Å². The van der Waals surface area contributed by atoms with Crippen molar-refractivity contribution in [3.63, 3.8) is 0 Å². The third kappa shape index (κ3) is 7.67. The van der Waals surface area contributed by atoms with Crippen LogP contribution in [0.1, 0.15) is 110 Å². The number of unbranched alkanes of at least 4 members (excludes halogenated alkanes) is 1. The molecular formula is C36H62N3O2P. The number of aromatic nitrogens is 1. The molecule has 6 heteroatoms. The maximum atomic E-state index is 12.0. The van der Waals surface area contributed by atoms with E-state index < -0.39 is 0 Å². The van der Waals surface area contributed by atoms with E-state index in [0.717, 1.165) is 68.7 Å². The molecule has 4 fully saturated rings. The number of carbonyl (C=O) groups is 1. The topological polar surface area (TPSA) is 74.2 Å². The molecule has 1 aromatic rings. The molecule has 1 heterocycles. The highest BCUT2D eigenvalue weighted by atomic mass is 31.1. The van der Waals surface area contributed by atoms with Crippen LogP contribution in [0.3, 0.4) is 0 Å². The predicted octanol–water partition coefficient (Wildman–Crippen LogP) is 7.43. The van der Waals surface area contributed by atoms with Gasteiger partial charge in [-0.2, -0.15) is 0 Å². The minimum Gasteiger partial charge on any atom is -0.400 e. The largest absolute Gasteiger partial charge is 0.400 e. The summed E-state index contributed by atoms with van der Waals surface area (Å²) in [5.41, 5.74) is 2.84. The van der Waals surface area contributed by atoms with Crippen LogP contribution in [0.4, 0.5) is 0 Å². The Morgan fingerprint density at radius 1 is 1.05 bits per heavy atom. The first-order valence-corrected chi connectivity index (χ1v) is 18.8. The third-order valence-electron chi connectivity index (χ3n) is 12.8. The van der Waals surface area contributed by atoms with Crippen LogP contribution in [-0.2, 0) is 11.3 Å². The van der Waals surface area contributed by atoms with Crippen LogP contribution in [0, 0.1) is 46.3 Å². The molecule has 3 N–H and O–H groups in total. The summed E-state index contributed by atoms with van der Waals surface area (Å²) >= 11 is 0. The number of carbonyl (C=O) groups excluding carboxylic acids is 1. The fraction of sp³-hybridized carbons (Fsp3) is 0.833. The van der Waals surface area contributed by atoms with Crippen molar-refractivity contribution in [1.82, 2.24) is 15.6 Å². The van der Waals surface area contributed by atoms with Crippen LogP contribution in [0.25, 0.3) is 0 Å². The molecule has 9 unspecified atom stereocenters. The summed E-state index contributed by atoms with van der Waals surface area (Å²) < 4.78 is 0. The first-order chi connectivity index (χ1) is 20.3. The summed E-state index contributed by atoms with van der Waals surface area (Å²) in [7, 11) is 1.48. The molecule has 0 bridgehead atoms. The van der Waals surface area contributed by atoms with Crippen molar-refractivity contribution in [3.05, 3.63) is 30.1 Å². The van der Waals surface area contributed by atoms with E-state index in [-0.39, 0.29) is 0 Å². The molecular weight excluding hydrogens is 537 g/mol. The second kappa shape index (κ2) is 15.9. The standard InChI is InChI=1S/C35H58N3OP.CH4O/c1-25(9-14-33(39)40-4)30-12-13-31-29-11-10-27-22-28(15-17-34(27,2)32(29)16-18-35(30,31)3)38-21-6-5-19-36-23-26-8-7-20-37-24-26;1-2/h7-8,20,24-25,27-32,36,38,40H,5-6,9-19,21-23H2,1-4H3;2H,1H3/t25?,27-,28?,29?,30?,31?,32?,34?,35?;/m0./s1. The molecule has 4 aliphatic carbocycles. The van der Waals surface area contributed by atoms with Gasteiger partial charge in [-0.15, -0.1) is 0 Å². The van der Waals surface area contributed by atoms with Crippen molar-refractivity contribution in [2.75, 3.05) is 26.9 Å². The SMILES string of the molecule is CO.CPC(=O)CCC(C)C1CCC2C3CC[C@H]4CC(NCCCCNCc5cccnc5)CCC4(C)C3CCC12C. The van der Waals surface area contributed by atoms with Gasteiger partial charge in [0.25, 0.3) is 0 Å². The quantitative estimate of drug-likeness (QED) is 0.162. The first kappa shape index (κ1) is 34.0. The van der Waals surface area contributed by atoms with Crippen molar-refractivity contribution >= 4 is 14.1 Å². The number of rotatable bonds is 13. The van der Waals surface area contributed by atoms with Crippen LogP contribution in [0.15, 0.2) is 24.5 Å². The Morgan fingerprint density at radius 2 is 1.81 bits per heavy atom. The van der Waals surface area contributed by atoms with Gasteiger partial charge in [0.2, 0.25) is 0 Å². The molecule has 5 rings (SSSR count). The van der Waals surface area contributed by atoms with Crippen LogP contribution in [0.2, 0.25) is 0 Å². The summed E-state index contributed by atoms with van der Waals surface area (Å²) in [6.45, 7) is 13.1. The second-order valence-electron chi connectivity index (χ2n) is 14.7. The molecule has 5 nitrogen and oxygen atoms in total. The van der Waals surface area contributed by atoms with Gasteiger partial charge in [0.1, 0.15) is 0 Å². The van der Waals surface area contributed by atoms with Crippen LogP contribution >= 0.6 is 8.58 Å². The highest BCUT2D eigenvalue weighted by molar-refractivity contribution is 7.57. The Balaban J connectivity index is 0.00000198. The van der Waals surface area contributed by atoms with E-state index in [9.17, 15) is 4.79 Å². The van der Waals surface area contributed by atoms with Gasteiger partial charge in [-0.1, -0.05) is 35.4 Å². The average Bonchev–Trinajstić information content (AvgIpc) is 3.38. The van der Waals surface area contributed by atoms with E-state index in [2.05, 4.69) is 42.5 Å². The molecule has 0 amide bonds. The Labute approximate surface area is 259 Å². The highest BCUT2D eigenvalue weighted by Crippen LogP contribution is 2.68. The lowest BCUT2D eigenvalue weighted by Crippen LogP contribution is -2.55. The number of aliphatic hydroxyl groups is 1. The molecule has 0 radical (unpaired) electrons. The molecule has 0 spiro atoms. The summed E-state index contributed by atoms with van der Waals surface area (Å²) in [5, 5.41) is 14.5. The van der Waals surface area contributed by atoms with E-state index >= 15 is 0 Å². The van der Waals surface area contributed by atoms with Gasteiger partial charge in [-0.05, 0) is 155 Å². The predicted molar refractivity (Wildman–Crippen MR) is 178 cm³/mol. The van der Waals surface area contributed by atoms with E-state index in [1.165, 1.54) is 82.7 Å². The summed E-state index contributed by atoms with van der Waals surface area (Å²) in [6.07, 6.45) is 21.2. The van der Waals surface area contributed by atoms with Crippen LogP contribution in [-0.4, -0.2) is 48.5 Å². The first-order valence-electron chi connectivity index (χ1n) is 17.3. The third-order valence-corrected chi connectivity index (χ3v) is 13.6.